The first-order valence-electron chi connectivity index (χ1n) is 8.00. The molecule has 1 aromatic rings. The zero-order chi connectivity index (χ0) is 17.8. The van der Waals surface area contributed by atoms with Crippen LogP contribution in [0, 0.1) is 0 Å². The molecule has 2 aliphatic heterocycles. The van der Waals surface area contributed by atoms with Crippen LogP contribution in [-0.4, -0.2) is 55.0 Å². The number of hydrogen-bond donors (Lipinski definition) is 0. The molecule has 6 nitrogen and oxygen atoms in total. The van der Waals surface area contributed by atoms with Crippen molar-refractivity contribution in [2.24, 2.45) is 0 Å². The molecule has 1 aliphatic carbocycles. The van der Waals surface area contributed by atoms with E-state index < -0.39 is 27.2 Å². The summed E-state index contributed by atoms with van der Waals surface area (Å²) in [4.78, 5) is 25.0. The third-order valence-corrected chi connectivity index (χ3v) is 7.57. The molecule has 1 fully saturated rings. The SMILES string of the molecule is CS(=O)(=O)N1CCC2(CC1)CSC1=C(O2)c2ccccc2C(=O)C1=O. The lowest BCUT2D eigenvalue weighted by molar-refractivity contribution is -0.111. The highest BCUT2D eigenvalue weighted by Crippen LogP contribution is 2.47. The minimum Gasteiger partial charge on any atom is -0.484 e. The lowest BCUT2D eigenvalue weighted by atomic mass is 9.90. The van der Waals surface area contributed by atoms with Gasteiger partial charge in [0.25, 0.3) is 0 Å². The summed E-state index contributed by atoms with van der Waals surface area (Å²) in [6, 6.07) is 6.97. The third kappa shape index (κ3) is 2.72. The molecule has 2 heterocycles. The number of carbonyl (C=O) groups excluding carboxylic acids is 2. The summed E-state index contributed by atoms with van der Waals surface area (Å²) in [6.45, 7) is 0.799. The minimum absolute atomic E-state index is 0.373. The van der Waals surface area contributed by atoms with Crippen LogP contribution >= 0.6 is 11.8 Å². The Bertz CT molecular complexity index is 911. The molecule has 25 heavy (non-hydrogen) atoms. The number of piperidine rings is 1. The van der Waals surface area contributed by atoms with E-state index in [2.05, 4.69) is 0 Å². The summed E-state index contributed by atoms with van der Waals surface area (Å²) in [5.41, 5.74) is 0.523. The molecule has 0 bridgehead atoms. The van der Waals surface area contributed by atoms with Gasteiger partial charge < -0.3 is 4.74 Å². The Balaban J connectivity index is 1.67. The van der Waals surface area contributed by atoms with E-state index in [1.165, 1.54) is 22.3 Å². The van der Waals surface area contributed by atoms with E-state index in [1.54, 1.807) is 18.2 Å². The molecular formula is C17H17NO5S2. The fraction of sp³-hybridized carbons (Fsp3) is 0.412. The van der Waals surface area contributed by atoms with Crippen molar-refractivity contribution in [3.63, 3.8) is 0 Å². The second-order valence-corrected chi connectivity index (χ2v) is 9.57. The Morgan fingerprint density at radius 1 is 1.08 bits per heavy atom. The van der Waals surface area contributed by atoms with E-state index in [4.69, 9.17) is 4.74 Å². The topological polar surface area (TPSA) is 80.8 Å². The zero-order valence-corrected chi connectivity index (χ0v) is 15.3. The number of ketones is 2. The number of ether oxygens (including phenoxy) is 1. The highest BCUT2D eigenvalue weighted by atomic mass is 32.2. The Morgan fingerprint density at radius 2 is 1.72 bits per heavy atom. The quantitative estimate of drug-likeness (QED) is 0.691. The van der Waals surface area contributed by atoms with E-state index in [0.717, 1.165) is 0 Å². The molecule has 1 spiro atoms. The number of Topliss-reactive ketones (excluding diaryl/α,β-unsaturated/α-hetero) is 2. The number of rotatable bonds is 1. The first kappa shape index (κ1) is 16.8. The molecule has 0 saturated carbocycles. The predicted molar refractivity (Wildman–Crippen MR) is 94.6 cm³/mol. The first-order valence-corrected chi connectivity index (χ1v) is 10.8. The van der Waals surface area contributed by atoms with Crippen LogP contribution in [0.25, 0.3) is 5.76 Å². The van der Waals surface area contributed by atoms with Crippen molar-refractivity contribution in [2.75, 3.05) is 25.1 Å². The van der Waals surface area contributed by atoms with Gasteiger partial charge in [0.05, 0.1) is 6.26 Å². The normalized spacial score (nSPS) is 23.2. The molecule has 1 saturated heterocycles. The molecule has 0 N–H and O–H groups in total. The van der Waals surface area contributed by atoms with Gasteiger partial charge in [-0.1, -0.05) is 24.3 Å². The minimum atomic E-state index is -3.21. The van der Waals surface area contributed by atoms with Crippen LogP contribution < -0.4 is 0 Å². The Kier molecular flexibility index (Phi) is 3.82. The maximum absolute atomic E-state index is 12.4. The summed E-state index contributed by atoms with van der Waals surface area (Å²) < 4.78 is 31.2. The summed E-state index contributed by atoms with van der Waals surface area (Å²) in [6.07, 6.45) is 2.34. The summed E-state index contributed by atoms with van der Waals surface area (Å²) in [7, 11) is -3.21. The van der Waals surface area contributed by atoms with Gasteiger partial charge in [0.1, 0.15) is 16.3 Å². The second kappa shape index (κ2) is 5.69. The highest BCUT2D eigenvalue weighted by Gasteiger charge is 2.46. The van der Waals surface area contributed by atoms with Gasteiger partial charge in [0, 0.05) is 42.8 Å². The summed E-state index contributed by atoms with van der Waals surface area (Å²) in [5, 5.41) is 0. The van der Waals surface area contributed by atoms with E-state index in [-0.39, 0.29) is 0 Å². The molecule has 1 aromatic carbocycles. The number of fused-ring (bicyclic) bond motifs is 2. The molecule has 0 atom stereocenters. The molecule has 8 heteroatoms. The number of hydrogen-bond acceptors (Lipinski definition) is 6. The summed E-state index contributed by atoms with van der Waals surface area (Å²) in [5.74, 6) is 0.0182. The smallest absolute Gasteiger partial charge is 0.243 e. The standard InChI is InChI=1S/C17H17NO5S2/c1-25(21,22)18-8-6-17(7-9-18)10-24-16-14(20)13(19)11-4-2-3-5-12(11)15(16)23-17/h2-5H,6-10H2,1H3. The monoisotopic (exact) mass is 379 g/mol. The maximum Gasteiger partial charge on any atom is 0.243 e. The molecule has 0 unspecified atom stereocenters. The van der Waals surface area contributed by atoms with Crippen LogP contribution in [0.2, 0.25) is 0 Å². The number of thioether (sulfide) groups is 1. The van der Waals surface area contributed by atoms with Gasteiger partial charge in [-0.15, -0.1) is 11.8 Å². The van der Waals surface area contributed by atoms with Gasteiger partial charge in [0.15, 0.2) is 0 Å². The number of allylic oxidation sites excluding steroid dienone is 1. The Hall–Kier alpha value is -1.64. The lowest BCUT2D eigenvalue weighted by Crippen LogP contribution is -2.50. The number of nitrogens with zero attached hydrogens (tertiary/aromatic N) is 1. The molecule has 3 aliphatic rings. The average Bonchev–Trinajstić information content (AvgIpc) is 2.59. The van der Waals surface area contributed by atoms with Gasteiger partial charge in [0.2, 0.25) is 21.6 Å². The molecule has 4 rings (SSSR count). The van der Waals surface area contributed by atoms with Crippen LogP contribution in [0.3, 0.4) is 0 Å². The fourth-order valence-corrected chi connectivity index (χ4v) is 5.59. The lowest BCUT2D eigenvalue weighted by Gasteiger charge is -2.44. The Labute approximate surface area is 150 Å². The van der Waals surface area contributed by atoms with Crippen LogP contribution in [-0.2, 0) is 19.6 Å². The van der Waals surface area contributed by atoms with E-state index in [9.17, 15) is 18.0 Å². The van der Waals surface area contributed by atoms with Gasteiger partial charge in [-0.25, -0.2) is 12.7 Å². The predicted octanol–water partition coefficient (Wildman–Crippen LogP) is 1.68. The molecule has 0 aromatic heterocycles. The van der Waals surface area contributed by atoms with Gasteiger partial charge in [-0.3, -0.25) is 9.59 Å². The van der Waals surface area contributed by atoms with E-state index in [1.807, 2.05) is 6.07 Å². The van der Waals surface area contributed by atoms with Crippen LogP contribution in [0.15, 0.2) is 29.2 Å². The van der Waals surface area contributed by atoms with Crippen LogP contribution in [0.4, 0.5) is 0 Å². The van der Waals surface area contributed by atoms with Crippen molar-refractivity contribution in [3.8, 4) is 0 Å². The van der Waals surface area contributed by atoms with Crippen molar-refractivity contribution in [3.05, 3.63) is 40.3 Å². The van der Waals surface area contributed by atoms with Crippen LogP contribution in [0.5, 0.6) is 0 Å². The number of carbonyl (C=O) groups is 2. The molecular weight excluding hydrogens is 362 g/mol. The van der Waals surface area contributed by atoms with Crippen molar-refractivity contribution < 1.29 is 22.7 Å². The summed E-state index contributed by atoms with van der Waals surface area (Å²) >= 11 is 1.35. The van der Waals surface area contributed by atoms with E-state index in [0.29, 0.717) is 53.5 Å². The number of benzene rings is 1. The van der Waals surface area contributed by atoms with Gasteiger partial charge in [-0.05, 0) is 0 Å². The highest BCUT2D eigenvalue weighted by molar-refractivity contribution is 8.04. The van der Waals surface area contributed by atoms with Crippen molar-refractivity contribution in [1.29, 1.82) is 0 Å². The Morgan fingerprint density at radius 3 is 2.36 bits per heavy atom. The molecule has 132 valence electrons. The van der Waals surface area contributed by atoms with Crippen molar-refractivity contribution in [2.45, 2.75) is 18.4 Å². The first-order chi connectivity index (χ1) is 11.8. The van der Waals surface area contributed by atoms with Crippen molar-refractivity contribution in [1.82, 2.24) is 4.31 Å². The number of sulfonamides is 1. The maximum atomic E-state index is 12.4. The average molecular weight is 379 g/mol. The molecule has 0 radical (unpaired) electrons. The fourth-order valence-electron chi connectivity index (χ4n) is 3.48. The van der Waals surface area contributed by atoms with Crippen molar-refractivity contribution >= 4 is 39.1 Å². The van der Waals surface area contributed by atoms with Crippen LogP contribution in [0.1, 0.15) is 28.8 Å². The zero-order valence-electron chi connectivity index (χ0n) is 13.6. The third-order valence-electron chi connectivity index (χ3n) is 4.94. The van der Waals surface area contributed by atoms with Gasteiger partial charge in [-0.2, -0.15) is 0 Å². The largest absolute Gasteiger partial charge is 0.484 e. The van der Waals surface area contributed by atoms with Gasteiger partial charge >= 0.3 is 0 Å². The van der Waals surface area contributed by atoms with E-state index >= 15 is 0 Å². The molecule has 0 amide bonds. The second-order valence-electron chi connectivity index (χ2n) is 6.60.